The minimum absolute atomic E-state index is 0.482. The quantitative estimate of drug-likeness (QED) is 0.824. The smallest absolute Gasteiger partial charge is 0.125 e. The van der Waals surface area contributed by atoms with E-state index in [1.807, 2.05) is 50.2 Å². The molecule has 2 aromatic rings. The van der Waals surface area contributed by atoms with Gasteiger partial charge in [-0.25, -0.2) is 0 Å². The van der Waals surface area contributed by atoms with Gasteiger partial charge in [-0.05, 0) is 54.8 Å². The molecule has 4 heteroatoms. The van der Waals surface area contributed by atoms with E-state index in [1.54, 1.807) is 0 Å². The van der Waals surface area contributed by atoms with Crippen LogP contribution in [-0.2, 0) is 6.54 Å². The SMILES string of the molecule is Cc1cc(Cl)cc(C)c1OCCOc1cccc(CN)c1. The Balaban J connectivity index is 1.87. The van der Waals surface area contributed by atoms with Gasteiger partial charge in [-0.15, -0.1) is 0 Å². The molecule has 0 aliphatic heterocycles. The summed E-state index contributed by atoms with van der Waals surface area (Å²) in [6.45, 7) is 5.45. The molecule has 112 valence electrons. The lowest BCUT2D eigenvalue weighted by atomic mass is 10.1. The number of halogens is 1. The van der Waals surface area contributed by atoms with Crippen molar-refractivity contribution in [2.45, 2.75) is 20.4 Å². The van der Waals surface area contributed by atoms with Crippen LogP contribution in [0.15, 0.2) is 36.4 Å². The molecule has 0 saturated carbocycles. The minimum Gasteiger partial charge on any atom is -0.490 e. The lowest BCUT2D eigenvalue weighted by Gasteiger charge is -2.13. The standard InChI is InChI=1S/C17H20ClNO2/c1-12-8-15(18)9-13(2)17(12)21-7-6-20-16-5-3-4-14(10-16)11-19/h3-5,8-10H,6-7,11,19H2,1-2H3. The van der Waals surface area contributed by atoms with Crippen LogP contribution in [0.3, 0.4) is 0 Å². The van der Waals surface area contributed by atoms with Crippen molar-refractivity contribution in [3.8, 4) is 11.5 Å². The Morgan fingerprint density at radius 3 is 2.33 bits per heavy atom. The van der Waals surface area contributed by atoms with E-state index in [4.69, 9.17) is 26.8 Å². The van der Waals surface area contributed by atoms with Crippen LogP contribution in [0.25, 0.3) is 0 Å². The van der Waals surface area contributed by atoms with Gasteiger partial charge in [0.25, 0.3) is 0 Å². The Morgan fingerprint density at radius 2 is 1.67 bits per heavy atom. The molecule has 0 bridgehead atoms. The molecule has 0 radical (unpaired) electrons. The summed E-state index contributed by atoms with van der Waals surface area (Å²) in [5, 5.41) is 0.729. The van der Waals surface area contributed by atoms with Crippen molar-refractivity contribution in [3.63, 3.8) is 0 Å². The van der Waals surface area contributed by atoms with Crippen molar-refractivity contribution >= 4 is 11.6 Å². The summed E-state index contributed by atoms with van der Waals surface area (Å²) in [5.41, 5.74) is 8.72. The molecule has 2 aromatic carbocycles. The van der Waals surface area contributed by atoms with Crippen LogP contribution in [0.5, 0.6) is 11.5 Å². The molecule has 0 saturated heterocycles. The number of benzene rings is 2. The fourth-order valence-electron chi connectivity index (χ4n) is 2.19. The Labute approximate surface area is 130 Å². The van der Waals surface area contributed by atoms with Crippen molar-refractivity contribution in [2.24, 2.45) is 5.73 Å². The summed E-state index contributed by atoms with van der Waals surface area (Å²) in [4.78, 5) is 0. The topological polar surface area (TPSA) is 44.5 Å². The summed E-state index contributed by atoms with van der Waals surface area (Å²) in [6, 6.07) is 11.6. The Hall–Kier alpha value is -1.71. The van der Waals surface area contributed by atoms with Crippen molar-refractivity contribution in [1.29, 1.82) is 0 Å². The molecule has 2 rings (SSSR count). The zero-order chi connectivity index (χ0) is 15.2. The lowest BCUT2D eigenvalue weighted by Crippen LogP contribution is -2.10. The van der Waals surface area contributed by atoms with E-state index in [9.17, 15) is 0 Å². The normalized spacial score (nSPS) is 10.5. The molecule has 0 spiro atoms. The molecule has 0 unspecified atom stereocenters. The third-order valence-corrected chi connectivity index (χ3v) is 3.38. The first-order valence-corrected chi connectivity index (χ1v) is 7.29. The maximum absolute atomic E-state index is 6.00. The number of hydrogen-bond donors (Lipinski definition) is 1. The van der Waals surface area contributed by atoms with Crippen LogP contribution in [0.2, 0.25) is 5.02 Å². The first-order valence-electron chi connectivity index (χ1n) is 6.91. The fourth-order valence-corrected chi connectivity index (χ4v) is 2.52. The van der Waals surface area contributed by atoms with E-state index < -0.39 is 0 Å². The zero-order valence-corrected chi connectivity index (χ0v) is 13.1. The highest BCUT2D eigenvalue weighted by molar-refractivity contribution is 6.30. The predicted octanol–water partition coefficient (Wildman–Crippen LogP) is 3.87. The molecule has 0 amide bonds. The van der Waals surface area contributed by atoms with Gasteiger partial charge in [-0.3, -0.25) is 0 Å². The average Bonchev–Trinajstić information content (AvgIpc) is 2.45. The zero-order valence-electron chi connectivity index (χ0n) is 12.4. The van der Waals surface area contributed by atoms with Gasteiger partial charge in [0, 0.05) is 11.6 Å². The number of nitrogens with two attached hydrogens (primary N) is 1. The van der Waals surface area contributed by atoms with Crippen molar-refractivity contribution in [3.05, 3.63) is 58.1 Å². The van der Waals surface area contributed by atoms with Crippen LogP contribution in [0, 0.1) is 13.8 Å². The van der Waals surface area contributed by atoms with E-state index in [1.165, 1.54) is 0 Å². The van der Waals surface area contributed by atoms with Gasteiger partial charge < -0.3 is 15.2 Å². The minimum atomic E-state index is 0.482. The van der Waals surface area contributed by atoms with Gasteiger partial charge in [0.2, 0.25) is 0 Å². The van der Waals surface area contributed by atoms with Crippen molar-refractivity contribution in [1.82, 2.24) is 0 Å². The van der Waals surface area contributed by atoms with Gasteiger partial charge in [0.1, 0.15) is 24.7 Å². The van der Waals surface area contributed by atoms with Gasteiger partial charge >= 0.3 is 0 Å². The molecule has 0 aliphatic rings. The van der Waals surface area contributed by atoms with E-state index in [0.29, 0.717) is 19.8 Å². The fraction of sp³-hybridized carbons (Fsp3) is 0.294. The van der Waals surface area contributed by atoms with Gasteiger partial charge in [-0.2, -0.15) is 0 Å². The van der Waals surface area contributed by atoms with Crippen LogP contribution >= 0.6 is 11.6 Å². The molecule has 0 aromatic heterocycles. The highest BCUT2D eigenvalue weighted by atomic mass is 35.5. The van der Waals surface area contributed by atoms with E-state index in [0.717, 1.165) is 33.2 Å². The third-order valence-electron chi connectivity index (χ3n) is 3.16. The Bertz CT molecular complexity index is 590. The number of aryl methyl sites for hydroxylation is 2. The number of hydrogen-bond acceptors (Lipinski definition) is 3. The van der Waals surface area contributed by atoms with Gasteiger partial charge in [-0.1, -0.05) is 23.7 Å². The first kappa shape index (κ1) is 15.7. The highest BCUT2D eigenvalue weighted by Gasteiger charge is 2.05. The van der Waals surface area contributed by atoms with Crippen LogP contribution in [-0.4, -0.2) is 13.2 Å². The third kappa shape index (κ3) is 4.38. The molecule has 0 aliphatic carbocycles. The van der Waals surface area contributed by atoms with E-state index in [-0.39, 0.29) is 0 Å². The number of rotatable bonds is 6. The molecule has 0 heterocycles. The van der Waals surface area contributed by atoms with Gasteiger partial charge in [0.15, 0.2) is 0 Å². The molecule has 3 nitrogen and oxygen atoms in total. The van der Waals surface area contributed by atoms with Gasteiger partial charge in [0.05, 0.1) is 0 Å². The molecular formula is C17H20ClNO2. The Morgan fingerprint density at radius 1 is 1.00 bits per heavy atom. The van der Waals surface area contributed by atoms with E-state index >= 15 is 0 Å². The summed E-state index contributed by atoms with van der Waals surface area (Å²) in [7, 11) is 0. The first-order chi connectivity index (χ1) is 10.1. The maximum Gasteiger partial charge on any atom is 0.125 e. The van der Waals surface area contributed by atoms with Crippen molar-refractivity contribution < 1.29 is 9.47 Å². The predicted molar refractivity (Wildman–Crippen MR) is 86.2 cm³/mol. The molecule has 0 atom stereocenters. The van der Waals surface area contributed by atoms with Crippen molar-refractivity contribution in [2.75, 3.05) is 13.2 Å². The van der Waals surface area contributed by atoms with Crippen LogP contribution in [0.1, 0.15) is 16.7 Å². The second-order valence-corrected chi connectivity index (χ2v) is 5.35. The number of ether oxygens (including phenoxy) is 2. The summed E-state index contributed by atoms with van der Waals surface area (Å²) in [5.74, 6) is 1.69. The molecule has 2 N–H and O–H groups in total. The summed E-state index contributed by atoms with van der Waals surface area (Å²) >= 11 is 6.00. The van der Waals surface area contributed by atoms with Crippen LogP contribution in [0.4, 0.5) is 0 Å². The second kappa shape index (κ2) is 7.34. The maximum atomic E-state index is 6.00. The van der Waals surface area contributed by atoms with E-state index in [2.05, 4.69) is 0 Å². The molecule has 21 heavy (non-hydrogen) atoms. The monoisotopic (exact) mass is 305 g/mol. The highest BCUT2D eigenvalue weighted by Crippen LogP contribution is 2.27. The summed E-state index contributed by atoms with van der Waals surface area (Å²) < 4.78 is 11.5. The second-order valence-electron chi connectivity index (χ2n) is 4.92. The Kier molecular flexibility index (Phi) is 5.48. The molecular weight excluding hydrogens is 286 g/mol. The largest absolute Gasteiger partial charge is 0.490 e. The van der Waals surface area contributed by atoms with Crippen LogP contribution < -0.4 is 15.2 Å². The molecule has 0 fully saturated rings. The summed E-state index contributed by atoms with van der Waals surface area (Å²) in [6.07, 6.45) is 0. The lowest BCUT2D eigenvalue weighted by molar-refractivity contribution is 0.215. The average molecular weight is 306 g/mol.